The zero-order chi connectivity index (χ0) is 20.0. The molecule has 0 spiro atoms. The van der Waals surface area contributed by atoms with Gasteiger partial charge in [0.25, 0.3) is 0 Å². The fraction of sp³-hybridized carbons (Fsp3) is 0.500. The van der Waals surface area contributed by atoms with Crippen LogP contribution in [0.25, 0.3) is 0 Å². The normalized spacial score (nSPS) is 21.9. The van der Waals surface area contributed by atoms with Crippen molar-refractivity contribution in [3.63, 3.8) is 0 Å². The van der Waals surface area contributed by atoms with Gasteiger partial charge in [-0.25, -0.2) is 13.2 Å². The SMILES string of the molecule is CC=C[C@@H]1[C@@H](C(=O)OCc2c(C)c(F)c(C(F)(F)F)c(F)c2F)C1(C)C. The molecule has 1 aromatic rings. The fourth-order valence-electron chi connectivity index (χ4n) is 3.17. The van der Waals surface area contributed by atoms with Crippen LogP contribution in [0.1, 0.15) is 37.5 Å². The standard InChI is InChI=1S/C18H18F6O2/c1-5-6-10-11(17(10,3)4)16(25)26-7-9-8(2)13(19)12(18(22,23)24)15(21)14(9)20/h5-6,10-11H,7H2,1-4H3/t10-,11+/m1/s1. The van der Waals surface area contributed by atoms with Gasteiger partial charge in [-0.3, -0.25) is 4.79 Å². The summed E-state index contributed by atoms with van der Waals surface area (Å²) in [5, 5.41) is 0. The second-order valence-electron chi connectivity index (χ2n) is 6.88. The molecule has 1 fully saturated rings. The molecule has 0 radical (unpaired) electrons. The summed E-state index contributed by atoms with van der Waals surface area (Å²) in [5.74, 6) is -7.42. The van der Waals surface area contributed by atoms with E-state index in [1.165, 1.54) is 0 Å². The first-order chi connectivity index (χ1) is 11.9. The van der Waals surface area contributed by atoms with Crippen LogP contribution in [0.2, 0.25) is 0 Å². The third-order valence-corrected chi connectivity index (χ3v) is 4.89. The van der Waals surface area contributed by atoms with Gasteiger partial charge in [-0.1, -0.05) is 26.0 Å². The van der Waals surface area contributed by atoms with Crippen molar-refractivity contribution in [1.29, 1.82) is 0 Å². The predicted molar refractivity (Wildman–Crippen MR) is 81.4 cm³/mol. The summed E-state index contributed by atoms with van der Waals surface area (Å²) >= 11 is 0. The maximum absolute atomic E-state index is 14.0. The van der Waals surface area contributed by atoms with Gasteiger partial charge in [0, 0.05) is 5.56 Å². The summed E-state index contributed by atoms with van der Waals surface area (Å²) in [5.41, 5.74) is -4.17. The largest absolute Gasteiger partial charge is 0.460 e. The van der Waals surface area contributed by atoms with Crippen LogP contribution in [0.3, 0.4) is 0 Å². The molecule has 0 bridgehead atoms. The molecule has 0 aliphatic heterocycles. The summed E-state index contributed by atoms with van der Waals surface area (Å²) in [7, 11) is 0. The highest BCUT2D eigenvalue weighted by molar-refractivity contribution is 5.78. The zero-order valence-corrected chi connectivity index (χ0v) is 14.6. The molecular formula is C18H18F6O2. The third-order valence-electron chi connectivity index (χ3n) is 4.89. The van der Waals surface area contributed by atoms with E-state index in [4.69, 9.17) is 4.74 Å². The molecule has 8 heteroatoms. The summed E-state index contributed by atoms with van der Waals surface area (Å²) in [6.07, 6.45) is -1.80. The minimum absolute atomic E-state index is 0.0907. The lowest BCUT2D eigenvalue weighted by atomic mass is 10.0. The van der Waals surface area contributed by atoms with Crippen molar-refractivity contribution in [2.45, 2.75) is 40.5 Å². The molecule has 0 aromatic heterocycles. The second kappa shape index (κ2) is 6.63. The number of alkyl halides is 3. The maximum Gasteiger partial charge on any atom is 0.422 e. The number of halogens is 6. The Morgan fingerprint density at radius 3 is 2.23 bits per heavy atom. The number of benzene rings is 1. The van der Waals surface area contributed by atoms with E-state index >= 15 is 0 Å². The van der Waals surface area contributed by atoms with Crippen molar-refractivity contribution in [2.75, 3.05) is 0 Å². The quantitative estimate of drug-likeness (QED) is 0.306. The second-order valence-corrected chi connectivity index (χ2v) is 6.88. The number of rotatable bonds is 4. The fourth-order valence-corrected chi connectivity index (χ4v) is 3.17. The topological polar surface area (TPSA) is 26.3 Å². The lowest BCUT2D eigenvalue weighted by Crippen LogP contribution is -2.18. The molecule has 1 aliphatic carbocycles. The average Bonchev–Trinajstić information content (AvgIpc) is 3.05. The van der Waals surface area contributed by atoms with Crippen LogP contribution in [0.4, 0.5) is 26.3 Å². The van der Waals surface area contributed by atoms with Crippen LogP contribution in [0.15, 0.2) is 12.2 Å². The molecule has 144 valence electrons. The molecule has 0 unspecified atom stereocenters. The Kier molecular flexibility index (Phi) is 5.18. The minimum atomic E-state index is -5.38. The van der Waals surface area contributed by atoms with Crippen molar-refractivity contribution in [2.24, 2.45) is 17.3 Å². The number of hydrogen-bond acceptors (Lipinski definition) is 2. The van der Waals surface area contributed by atoms with Crippen molar-refractivity contribution in [1.82, 2.24) is 0 Å². The van der Waals surface area contributed by atoms with Crippen LogP contribution >= 0.6 is 0 Å². The molecular weight excluding hydrogens is 362 g/mol. The minimum Gasteiger partial charge on any atom is -0.460 e. The Morgan fingerprint density at radius 1 is 1.15 bits per heavy atom. The molecule has 2 rings (SSSR count). The summed E-state index contributed by atoms with van der Waals surface area (Å²) in [6.45, 7) is 5.46. The number of carbonyl (C=O) groups excluding carboxylic acids is 1. The number of esters is 1. The van der Waals surface area contributed by atoms with Gasteiger partial charge in [0.05, 0.1) is 5.92 Å². The predicted octanol–water partition coefficient (Wildman–Crippen LogP) is 5.32. The Morgan fingerprint density at radius 2 is 1.73 bits per heavy atom. The Bertz CT molecular complexity index is 735. The van der Waals surface area contributed by atoms with Gasteiger partial charge in [-0.15, -0.1) is 0 Å². The van der Waals surface area contributed by atoms with Gasteiger partial charge in [0.15, 0.2) is 11.6 Å². The van der Waals surface area contributed by atoms with E-state index < -0.39 is 58.8 Å². The van der Waals surface area contributed by atoms with Gasteiger partial charge in [-0.05, 0) is 30.7 Å². The molecule has 0 heterocycles. The van der Waals surface area contributed by atoms with Crippen molar-refractivity contribution in [3.8, 4) is 0 Å². The highest BCUT2D eigenvalue weighted by Gasteiger charge is 2.61. The van der Waals surface area contributed by atoms with Crippen LogP contribution in [0, 0.1) is 41.6 Å². The van der Waals surface area contributed by atoms with Crippen molar-refractivity contribution in [3.05, 3.63) is 46.3 Å². The lowest BCUT2D eigenvalue weighted by molar-refractivity contribution is -0.148. The molecule has 1 saturated carbocycles. The van der Waals surface area contributed by atoms with E-state index in [0.717, 1.165) is 6.92 Å². The van der Waals surface area contributed by atoms with Crippen LogP contribution in [-0.2, 0) is 22.3 Å². The van der Waals surface area contributed by atoms with Crippen molar-refractivity contribution < 1.29 is 35.9 Å². The van der Waals surface area contributed by atoms with Gasteiger partial charge in [0.1, 0.15) is 18.0 Å². The van der Waals surface area contributed by atoms with Crippen LogP contribution in [0.5, 0.6) is 0 Å². The highest BCUT2D eigenvalue weighted by Crippen LogP contribution is 2.59. The Hall–Kier alpha value is -1.99. The number of ether oxygens (including phenoxy) is 1. The summed E-state index contributed by atoms with van der Waals surface area (Å²) in [4.78, 5) is 12.2. The van der Waals surface area contributed by atoms with E-state index in [2.05, 4.69) is 0 Å². The molecule has 0 amide bonds. The Balaban J connectivity index is 2.25. The molecule has 0 saturated heterocycles. The first-order valence-corrected chi connectivity index (χ1v) is 7.88. The summed E-state index contributed by atoms with van der Waals surface area (Å²) in [6, 6.07) is 0. The maximum atomic E-state index is 14.0. The van der Waals surface area contributed by atoms with Crippen molar-refractivity contribution >= 4 is 5.97 Å². The number of carbonyl (C=O) groups is 1. The first kappa shape index (κ1) is 20.3. The van der Waals surface area contributed by atoms with E-state index in [9.17, 15) is 31.1 Å². The Labute approximate surface area is 146 Å². The highest BCUT2D eigenvalue weighted by atomic mass is 19.4. The van der Waals surface area contributed by atoms with E-state index in [-0.39, 0.29) is 11.3 Å². The third kappa shape index (κ3) is 3.33. The van der Waals surface area contributed by atoms with E-state index in [1.807, 2.05) is 19.9 Å². The van der Waals surface area contributed by atoms with Gasteiger partial charge in [0.2, 0.25) is 0 Å². The average molecular weight is 380 g/mol. The molecule has 26 heavy (non-hydrogen) atoms. The summed E-state index contributed by atoms with van der Waals surface area (Å²) < 4.78 is 84.6. The zero-order valence-electron chi connectivity index (χ0n) is 14.6. The van der Waals surface area contributed by atoms with Crippen LogP contribution in [-0.4, -0.2) is 5.97 Å². The van der Waals surface area contributed by atoms with Gasteiger partial charge in [-0.2, -0.15) is 13.2 Å². The van der Waals surface area contributed by atoms with E-state index in [0.29, 0.717) is 0 Å². The first-order valence-electron chi connectivity index (χ1n) is 7.88. The molecule has 1 aromatic carbocycles. The van der Waals surface area contributed by atoms with Crippen LogP contribution < -0.4 is 0 Å². The monoisotopic (exact) mass is 380 g/mol. The molecule has 0 N–H and O–H groups in total. The number of hydrogen-bond donors (Lipinski definition) is 0. The van der Waals surface area contributed by atoms with Gasteiger partial charge < -0.3 is 4.74 Å². The van der Waals surface area contributed by atoms with Gasteiger partial charge >= 0.3 is 12.1 Å². The molecule has 1 aliphatic rings. The van der Waals surface area contributed by atoms with E-state index in [1.54, 1.807) is 13.0 Å². The lowest BCUT2D eigenvalue weighted by Gasteiger charge is -2.16. The molecule has 2 atom stereocenters. The smallest absolute Gasteiger partial charge is 0.422 e. The molecule has 2 nitrogen and oxygen atoms in total. The number of allylic oxidation sites excluding steroid dienone is 2.